The summed E-state index contributed by atoms with van der Waals surface area (Å²) in [6, 6.07) is 2.25. The topological polar surface area (TPSA) is 51.0 Å². The first-order valence-electron chi connectivity index (χ1n) is 8.22. The van der Waals surface area contributed by atoms with E-state index in [1.807, 2.05) is 6.07 Å². The molecule has 0 aromatic carbocycles. The average molecular weight is 333 g/mol. The highest BCUT2D eigenvalue weighted by atomic mass is 35.5. The summed E-state index contributed by atoms with van der Waals surface area (Å²) in [4.78, 5) is 22.8. The number of hydrogen-bond donors (Lipinski definition) is 0. The minimum absolute atomic E-state index is 0.00884. The Balaban J connectivity index is 1.91. The number of carbonyl (C=O) groups excluding carboxylic acids is 1. The molecule has 2 heterocycles. The highest BCUT2D eigenvalue weighted by Gasteiger charge is 2.47. The molecule has 2 aromatic heterocycles. The van der Waals surface area contributed by atoms with Crippen LogP contribution in [0.3, 0.4) is 0 Å². The first-order valence-corrected chi connectivity index (χ1v) is 8.60. The molecule has 4 atom stereocenters. The van der Waals surface area contributed by atoms with Crippen molar-refractivity contribution in [1.29, 1.82) is 0 Å². The van der Waals surface area contributed by atoms with Gasteiger partial charge in [-0.25, -0.2) is 4.98 Å². The van der Waals surface area contributed by atoms with Gasteiger partial charge in [-0.15, -0.1) is 0 Å². The standard InChI is InChI=1S/C17H21ClN4O/c1-9-10-4-5-12(9)13(6-10)22-14(16(23)21(2)3)7-11-8-19-17(18)20-15(11)22/h7-10,12-13H,4-6H2,1-3H3/t9-,10+,12+,13+/m1/s1. The molecule has 6 heteroatoms. The van der Waals surface area contributed by atoms with Gasteiger partial charge in [0.05, 0.1) is 0 Å². The van der Waals surface area contributed by atoms with Crippen LogP contribution in [0.15, 0.2) is 12.3 Å². The Kier molecular flexibility index (Phi) is 3.38. The van der Waals surface area contributed by atoms with Crippen molar-refractivity contribution in [3.63, 3.8) is 0 Å². The van der Waals surface area contributed by atoms with Gasteiger partial charge >= 0.3 is 0 Å². The van der Waals surface area contributed by atoms with Gasteiger partial charge in [0.2, 0.25) is 5.28 Å². The fraction of sp³-hybridized carbons (Fsp3) is 0.588. The minimum atomic E-state index is 0.00884. The molecule has 0 N–H and O–H groups in total. The molecule has 122 valence electrons. The summed E-state index contributed by atoms with van der Waals surface area (Å²) in [5, 5.41) is 1.12. The number of aromatic nitrogens is 3. The molecule has 23 heavy (non-hydrogen) atoms. The van der Waals surface area contributed by atoms with E-state index in [1.165, 1.54) is 12.8 Å². The van der Waals surface area contributed by atoms with Gasteiger partial charge in [-0.3, -0.25) is 4.79 Å². The predicted octanol–water partition coefficient (Wildman–Crippen LogP) is 3.39. The Labute approximate surface area is 140 Å². The molecule has 2 aliphatic rings. The van der Waals surface area contributed by atoms with Crippen LogP contribution in [-0.2, 0) is 0 Å². The van der Waals surface area contributed by atoms with Crippen molar-refractivity contribution in [2.75, 3.05) is 14.1 Å². The van der Waals surface area contributed by atoms with Gasteiger partial charge in [0.1, 0.15) is 11.3 Å². The van der Waals surface area contributed by atoms with Gasteiger partial charge in [0.25, 0.3) is 5.91 Å². The van der Waals surface area contributed by atoms with Crippen LogP contribution in [0, 0.1) is 17.8 Å². The van der Waals surface area contributed by atoms with Gasteiger partial charge in [0, 0.05) is 31.7 Å². The number of carbonyl (C=O) groups is 1. The summed E-state index contributed by atoms with van der Waals surface area (Å²) in [6.45, 7) is 2.35. The Morgan fingerprint density at radius 1 is 1.39 bits per heavy atom. The van der Waals surface area contributed by atoms with Crippen LogP contribution in [0.5, 0.6) is 0 Å². The Bertz CT molecular complexity index is 784. The lowest BCUT2D eigenvalue weighted by molar-refractivity contribution is 0.0812. The zero-order chi connectivity index (χ0) is 16.3. The molecule has 2 aromatic rings. The number of amides is 1. The van der Waals surface area contributed by atoms with E-state index < -0.39 is 0 Å². The summed E-state index contributed by atoms with van der Waals surface area (Å²) in [5.74, 6) is 2.12. The number of fused-ring (bicyclic) bond motifs is 3. The van der Waals surface area contributed by atoms with Crippen LogP contribution in [0.2, 0.25) is 5.28 Å². The van der Waals surface area contributed by atoms with Crippen LogP contribution in [0.1, 0.15) is 42.7 Å². The molecular weight excluding hydrogens is 312 g/mol. The maximum absolute atomic E-state index is 12.7. The summed E-state index contributed by atoms with van der Waals surface area (Å²) < 4.78 is 2.14. The monoisotopic (exact) mass is 332 g/mol. The Hall–Kier alpha value is -1.62. The third kappa shape index (κ3) is 2.17. The first kappa shape index (κ1) is 14.9. The van der Waals surface area contributed by atoms with Crippen molar-refractivity contribution in [2.24, 2.45) is 17.8 Å². The highest BCUT2D eigenvalue weighted by Crippen LogP contribution is 2.55. The zero-order valence-corrected chi connectivity index (χ0v) is 14.4. The van der Waals surface area contributed by atoms with Gasteiger partial charge < -0.3 is 9.47 Å². The smallest absolute Gasteiger partial charge is 0.270 e. The molecule has 2 saturated carbocycles. The van der Waals surface area contributed by atoms with E-state index in [2.05, 4.69) is 21.5 Å². The SMILES string of the molecule is C[C@@H]1[C@H]2CC[C@@H]1[C@@H](n1c(C(=O)N(C)C)cc3cnc(Cl)nc31)C2. The lowest BCUT2D eigenvalue weighted by atomic mass is 9.94. The summed E-state index contributed by atoms with van der Waals surface area (Å²) >= 11 is 6.03. The summed E-state index contributed by atoms with van der Waals surface area (Å²) in [7, 11) is 3.57. The van der Waals surface area contributed by atoms with Crippen LogP contribution < -0.4 is 0 Å². The summed E-state index contributed by atoms with van der Waals surface area (Å²) in [6.07, 6.45) is 5.40. The van der Waals surface area contributed by atoms with Crippen LogP contribution in [-0.4, -0.2) is 39.4 Å². The lowest BCUT2D eigenvalue weighted by Crippen LogP contribution is -2.28. The van der Waals surface area contributed by atoms with Crippen LogP contribution >= 0.6 is 11.6 Å². The number of hydrogen-bond acceptors (Lipinski definition) is 3. The molecule has 0 saturated heterocycles. The van der Waals surface area contributed by atoms with E-state index >= 15 is 0 Å². The highest BCUT2D eigenvalue weighted by molar-refractivity contribution is 6.28. The van der Waals surface area contributed by atoms with Crippen molar-refractivity contribution < 1.29 is 4.79 Å². The third-order valence-electron chi connectivity index (χ3n) is 5.83. The molecule has 5 nitrogen and oxygen atoms in total. The molecule has 0 aliphatic heterocycles. The minimum Gasteiger partial charge on any atom is -0.343 e. The summed E-state index contributed by atoms with van der Waals surface area (Å²) in [5.41, 5.74) is 1.49. The molecule has 2 aliphatic carbocycles. The van der Waals surface area contributed by atoms with E-state index in [-0.39, 0.29) is 11.2 Å². The van der Waals surface area contributed by atoms with E-state index in [9.17, 15) is 4.79 Å². The van der Waals surface area contributed by atoms with Crippen molar-refractivity contribution in [3.05, 3.63) is 23.2 Å². The normalized spacial score (nSPS) is 29.4. The van der Waals surface area contributed by atoms with Crippen LogP contribution in [0.25, 0.3) is 11.0 Å². The molecular formula is C17H21ClN4O. The van der Waals surface area contributed by atoms with Crippen molar-refractivity contribution in [1.82, 2.24) is 19.4 Å². The molecule has 0 radical (unpaired) electrons. The molecule has 0 spiro atoms. The van der Waals surface area contributed by atoms with E-state index in [1.54, 1.807) is 25.2 Å². The maximum atomic E-state index is 12.7. The number of nitrogens with zero attached hydrogens (tertiary/aromatic N) is 4. The molecule has 2 bridgehead atoms. The van der Waals surface area contributed by atoms with Crippen molar-refractivity contribution >= 4 is 28.5 Å². The fourth-order valence-electron chi connectivity index (χ4n) is 4.66. The van der Waals surface area contributed by atoms with Crippen molar-refractivity contribution in [3.8, 4) is 0 Å². The quantitative estimate of drug-likeness (QED) is 0.792. The van der Waals surface area contributed by atoms with Gasteiger partial charge in [-0.1, -0.05) is 6.92 Å². The van der Waals surface area contributed by atoms with Crippen molar-refractivity contribution in [2.45, 2.75) is 32.2 Å². The van der Waals surface area contributed by atoms with Crippen LogP contribution in [0.4, 0.5) is 0 Å². The zero-order valence-electron chi connectivity index (χ0n) is 13.7. The second-order valence-electron chi connectivity index (χ2n) is 7.18. The fourth-order valence-corrected chi connectivity index (χ4v) is 4.78. The lowest BCUT2D eigenvalue weighted by Gasteiger charge is -2.27. The largest absolute Gasteiger partial charge is 0.343 e. The molecule has 1 amide bonds. The average Bonchev–Trinajstić information content (AvgIpc) is 3.16. The van der Waals surface area contributed by atoms with Gasteiger partial charge in [-0.2, -0.15) is 4.98 Å². The predicted molar refractivity (Wildman–Crippen MR) is 89.6 cm³/mol. The molecule has 2 fully saturated rings. The van der Waals surface area contributed by atoms with E-state index in [0.717, 1.165) is 29.3 Å². The van der Waals surface area contributed by atoms with E-state index in [4.69, 9.17) is 11.6 Å². The maximum Gasteiger partial charge on any atom is 0.270 e. The molecule has 4 rings (SSSR count). The third-order valence-corrected chi connectivity index (χ3v) is 6.01. The van der Waals surface area contributed by atoms with E-state index in [0.29, 0.717) is 17.7 Å². The van der Waals surface area contributed by atoms with Gasteiger partial charge in [0.15, 0.2) is 0 Å². The number of rotatable bonds is 2. The second-order valence-corrected chi connectivity index (χ2v) is 7.52. The second kappa shape index (κ2) is 5.20. The molecule has 0 unspecified atom stereocenters. The van der Waals surface area contributed by atoms with Gasteiger partial charge in [-0.05, 0) is 54.7 Å². The Morgan fingerprint density at radius 3 is 2.78 bits per heavy atom. The Morgan fingerprint density at radius 2 is 2.17 bits per heavy atom. The number of halogens is 1. The first-order chi connectivity index (χ1) is 11.0.